The van der Waals surface area contributed by atoms with Gasteiger partial charge in [-0.1, -0.05) is 13.8 Å². The topological polar surface area (TPSA) is 61.4 Å². The number of benzene rings is 1. The molecule has 1 aromatic rings. The van der Waals surface area contributed by atoms with Crippen molar-refractivity contribution in [1.82, 2.24) is 10.2 Å². The van der Waals surface area contributed by atoms with Crippen molar-refractivity contribution >= 4 is 17.6 Å². The van der Waals surface area contributed by atoms with E-state index in [0.717, 1.165) is 25.0 Å². The molecule has 1 fully saturated rings. The van der Waals surface area contributed by atoms with Gasteiger partial charge in [0.1, 0.15) is 0 Å². The van der Waals surface area contributed by atoms with E-state index < -0.39 is 11.7 Å². The smallest absolute Gasteiger partial charge is 0.356 e. The van der Waals surface area contributed by atoms with E-state index in [1.807, 2.05) is 13.8 Å². The van der Waals surface area contributed by atoms with Crippen LogP contribution in [-0.2, 0) is 11.0 Å². The third-order valence-electron chi connectivity index (χ3n) is 4.36. The van der Waals surface area contributed by atoms with Gasteiger partial charge in [-0.3, -0.25) is 4.79 Å². The van der Waals surface area contributed by atoms with Gasteiger partial charge in [-0.15, -0.1) is 0 Å². The van der Waals surface area contributed by atoms with E-state index in [0.29, 0.717) is 25.3 Å². The zero-order valence-electron chi connectivity index (χ0n) is 14.9. The molecule has 3 amide bonds. The highest BCUT2D eigenvalue weighted by molar-refractivity contribution is 5.89. The molecule has 1 aliphatic rings. The van der Waals surface area contributed by atoms with Crippen molar-refractivity contribution in [3.63, 3.8) is 0 Å². The van der Waals surface area contributed by atoms with Gasteiger partial charge in [0, 0.05) is 31.2 Å². The first kappa shape index (κ1) is 20.1. The zero-order chi connectivity index (χ0) is 19.3. The Balaban J connectivity index is 1.87. The van der Waals surface area contributed by atoms with Crippen molar-refractivity contribution in [1.29, 1.82) is 0 Å². The Kier molecular flexibility index (Phi) is 6.50. The Labute approximate surface area is 150 Å². The Morgan fingerprint density at radius 2 is 1.88 bits per heavy atom. The van der Waals surface area contributed by atoms with E-state index in [1.54, 1.807) is 4.90 Å². The van der Waals surface area contributed by atoms with E-state index in [-0.39, 0.29) is 23.8 Å². The van der Waals surface area contributed by atoms with Crippen LogP contribution in [0.2, 0.25) is 0 Å². The molecule has 5 nitrogen and oxygen atoms in total. The Hall–Kier alpha value is -2.25. The maximum absolute atomic E-state index is 12.6. The molecule has 1 aromatic carbocycles. The van der Waals surface area contributed by atoms with Crippen LogP contribution in [0, 0.1) is 11.8 Å². The SMILES string of the molecule is CC(C)C(=O)NC[C@H]1CCCN(C(=O)Nc2ccc(C(F)(F)F)cc2)C1. The van der Waals surface area contributed by atoms with E-state index >= 15 is 0 Å². The molecule has 0 bridgehead atoms. The first-order valence-electron chi connectivity index (χ1n) is 8.67. The molecule has 2 rings (SSSR count). The lowest BCUT2D eigenvalue weighted by molar-refractivity contribution is -0.137. The molecule has 0 saturated carbocycles. The van der Waals surface area contributed by atoms with E-state index in [9.17, 15) is 22.8 Å². The molecule has 1 atom stereocenters. The van der Waals surface area contributed by atoms with Crippen molar-refractivity contribution in [3.05, 3.63) is 29.8 Å². The van der Waals surface area contributed by atoms with Crippen molar-refractivity contribution in [3.8, 4) is 0 Å². The van der Waals surface area contributed by atoms with Gasteiger partial charge in [-0.05, 0) is 43.0 Å². The summed E-state index contributed by atoms with van der Waals surface area (Å²) < 4.78 is 37.7. The van der Waals surface area contributed by atoms with Crippen LogP contribution < -0.4 is 10.6 Å². The lowest BCUT2D eigenvalue weighted by Gasteiger charge is -2.33. The van der Waals surface area contributed by atoms with Crippen molar-refractivity contribution in [2.45, 2.75) is 32.9 Å². The minimum Gasteiger partial charge on any atom is -0.356 e. The number of rotatable bonds is 4. The number of hydrogen-bond donors (Lipinski definition) is 2. The van der Waals surface area contributed by atoms with Crippen LogP contribution in [0.5, 0.6) is 0 Å². The fourth-order valence-corrected chi connectivity index (χ4v) is 2.81. The normalized spacial score (nSPS) is 17.9. The van der Waals surface area contributed by atoms with Gasteiger partial charge < -0.3 is 15.5 Å². The van der Waals surface area contributed by atoms with Gasteiger partial charge >= 0.3 is 12.2 Å². The third kappa shape index (κ3) is 5.64. The number of halogens is 3. The maximum Gasteiger partial charge on any atom is 0.416 e. The number of hydrogen-bond acceptors (Lipinski definition) is 2. The van der Waals surface area contributed by atoms with Gasteiger partial charge in [0.05, 0.1) is 5.56 Å². The van der Waals surface area contributed by atoms with E-state index in [1.165, 1.54) is 12.1 Å². The van der Waals surface area contributed by atoms with Crippen LogP contribution in [0.4, 0.5) is 23.7 Å². The predicted octanol–water partition coefficient (Wildman–Crippen LogP) is 3.72. The molecular formula is C18H24F3N3O2. The lowest BCUT2D eigenvalue weighted by Crippen LogP contribution is -2.45. The number of alkyl halides is 3. The molecule has 2 N–H and O–H groups in total. The Morgan fingerprint density at radius 1 is 1.23 bits per heavy atom. The highest BCUT2D eigenvalue weighted by atomic mass is 19.4. The maximum atomic E-state index is 12.6. The molecule has 0 radical (unpaired) electrons. The standard InChI is InChI=1S/C18H24F3N3O2/c1-12(2)16(25)22-10-13-4-3-9-24(11-13)17(26)23-15-7-5-14(6-8-15)18(19,20)21/h5-8,12-13H,3-4,9-11H2,1-2H3,(H,22,25)(H,23,26)/t13-/m1/s1. The van der Waals surface area contributed by atoms with Gasteiger partial charge in [-0.25, -0.2) is 4.79 Å². The molecule has 0 aliphatic carbocycles. The average Bonchev–Trinajstić information content (AvgIpc) is 2.59. The van der Waals surface area contributed by atoms with Crippen LogP contribution in [0.1, 0.15) is 32.3 Å². The number of carbonyl (C=O) groups excluding carboxylic acids is 2. The second kappa shape index (κ2) is 8.42. The van der Waals surface area contributed by atoms with Crippen molar-refractivity contribution < 1.29 is 22.8 Å². The van der Waals surface area contributed by atoms with Crippen LogP contribution in [0.3, 0.4) is 0 Å². The van der Waals surface area contributed by atoms with Gasteiger partial charge in [0.2, 0.25) is 5.91 Å². The lowest BCUT2D eigenvalue weighted by atomic mass is 9.98. The summed E-state index contributed by atoms with van der Waals surface area (Å²) >= 11 is 0. The van der Waals surface area contributed by atoms with E-state index in [4.69, 9.17) is 0 Å². The first-order valence-corrected chi connectivity index (χ1v) is 8.67. The molecule has 0 spiro atoms. The fraction of sp³-hybridized carbons (Fsp3) is 0.556. The van der Waals surface area contributed by atoms with Crippen LogP contribution in [0.25, 0.3) is 0 Å². The van der Waals surface area contributed by atoms with Crippen LogP contribution in [-0.4, -0.2) is 36.5 Å². The number of urea groups is 1. The molecule has 0 unspecified atom stereocenters. The summed E-state index contributed by atoms with van der Waals surface area (Å²) in [6.45, 7) is 5.24. The third-order valence-corrected chi connectivity index (χ3v) is 4.36. The largest absolute Gasteiger partial charge is 0.416 e. The highest BCUT2D eigenvalue weighted by Crippen LogP contribution is 2.30. The van der Waals surface area contributed by atoms with Crippen LogP contribution >= 0.6 is 0 Å². The molecule has 1 saturated heterocycles. The monoisotopic (exact) mass is 371 g/mol. The summed E-state index contributed by atoms with van der Waals surface area (Å²) in [4.78, 5) is 25.6. The molecule has 8 heteroatoms. The van der Waals surface area contributed by atoms with Crippen LogP contribution in [0.15, 0.2) is 24.3 Å². The predicted molar refractivity (Wildman–Crippen MR) is 92.6 cm³/mol. The zero-order valence-corrected chi connectivity index (χ0v) is 14.9. The second-order valence-electron chi connectivity index (χ2n) is 6.86. The van der Waals surface area contributed by atoms with E-state index in [2.05, 4.69) is 10.6 Å². The number of amides is 3. The number of nitrogens with zero attached hydrogens (tertiary/aromatic N) is 1. The Morgan fingerprint density at radius 3 is 2.46 bits per heavy atom. The van der Waals surface area contributed by atoms with Crippen molar-refractivity contribution in [2.24, 2.45) is 11.8 Å². The quantitative estimate of drug-likeness (QED) is 0.847. The molecule has 0 aromatic heterocycles. The summed E-state index contributed by atoms with van der Waals surface area (Å²) in [5.74, 6) is 0.0683. The minimum atomic E-state index is -4.40. The summed E-state index contributed by atoms with van der Waals surface area (Å²) in [6.07, 6.45) is -2.66. The summed E-state index contributed by atoms with van der Waals surface area (Å²) in [7, 11) is 0. The molecule has 26 heavy (non-hydrogen) atoms. The number of piperidine rings is 1. The first-order chi connectivity index (χ1) is 12.2. The van der Waals surface area contributed by atoms with Gasteiger partial charge in [0.15, 0.2) is 0 Å². The number of nitrogens with one attached hydrogen (secondary N) is 2. The molecule has 1 aliphatic heterocycles. The molecular weight excluding hydrogens is 347 g/mol. The second-order valence-corrected chi connectivity index (χ2v) is 6.86. The summed E-state index contributed by atoms with van der Waals surface area (Å²) in [5, 5.41) is 5.50. The van der Waals surface area contributed by atoms with Crippen molar-refractivity contribution in [2.75, 3.05) is 25.0 Å². The van der Waals surface area contributed by atoms with Gasteiger partial charge in [0.25, 0.3) is 0 Å². The minimum absolute atomic E-state index is 0.0173. The number of carbonyl (C=O) groups is 2. The Bertz CT molecular complexity index is 630. The summed E-state index contributed by atoms with van der Waals surface area (Å²) in [5.41, 5.74) is -0.437. The summed E-state index contributed by atoms with van der Waals surface area (Å²) in [6, 6.07) is 4.02. The van der Waals surface area contributed by atoms with Gasteiger partial charge in [-0.2, -0.15) is 13.2 Å². The fourth-order valence-electron chi connectivity index (χ4n) is 2.81. The molecule has 1 heterocycles. The number of likely N-dealkylation sites (tertiary alicyclic amines) is 1. The highest BCUT2D eigenvalue weighted by Gasteiger charge is 2.30. The molecule has 144 valence electrons. The number of anilines is 1. The average molecular weight is 371 g/mol.